The topological polar surface area (TPSA) is 95.9 Å². The van der Waals surface area contributed by atoms with E-state index < -0.39 is 12.1 Å². The Morgan fingerprint density at radius 3 is 1.05 bits per heavy atom. The number of ether oxygens (including phenoxy) is 1. The number of amides is 1. The molecular weight excluding hydrogens is 803 g/mol. The van der Waals surface area contributed by atoms with Crippen LogP contribution in [0.2, 0.25) is 0 Å². The highest BCUT2D eigenvalue weighted by Crippen LogP contribution is 2.17. The zero-order valence-electron chi connectivity index (χ0n) is 44.0. The zero-order chi connectivity index (χ0) is 47.2. The zero-order valence-corrected chi connectivity index (χ0v) is 44.0. The van der Waals surface area contributed by atoms with Crippen molar-refractivity contribution in [3.8, 4) is 0 Å². The maximum atomic E-state index is 12.5. The van der Waals surface area contributed by atoms with Gasteiger partial charge in [0.25, 0.3) is 0 Å². The molecule has 0 aliphatic carbocycles. The predicted octanol–water partition coefficient (Wildman–Crippen LogP) is 18.1. The van der Waals surface area contributed by atoms with E-state index in [-0.39, 0.29) is 18.5 Å². The minimum Gasteiger partial charge on any atom is -0.466 e. The van der Waals surface area contributed by atoms with E-state index in [0.29, 0.717) is 19.4 Å². The highest BCUT2D eigenvalue weighted by atomic mass is 16.5. The van der Waals surface area contributed by atoms with E-state index in [9.17, 15) is 19.8 Å². The number of hydrogen-bond acceptors (Lipinski definition) is 5. The first-order valence-corrected chi connectivity index (χ1v) is 29.5. The molecular formula is C59H115NO5. The molecule has 3 N–H and O–H groups in total. The van der Waals surface area contributed by atoms with Crippen LogP contribution in [0.15, 0.2) is 12.2 Å². The fraction of sp³-hybridized carbons (Fsp3) is 0.932. The van der Waals surface area contributed by atoms with Crippen LogP contribution in [0.5, 0.6) is 0 Å². The molecule has 1 amide bonds. The second-order valence-corrected chi connectivity index (χ2v) is 20.3. The average Bonchev–Trinajstić information content (AvgIpc) is 3.31. The molecule has 65 heavy (non-hydrogen) atoms. The molecule has 0 saturated heterocycles. The summed E-state index contributed by atoms with van der Waals surface area (Å²) >= 11 is 0. The Hall–Kier alpha value is -1.40. The number of nitrogens with one attached hydrogen (secondary N) is 1. The second-order valence-electron chi connectivity index (χ2n) is 20.3. The summed E-state index contributed by atoms with van der Waals surface area (Å²) in [6.07, 6.45) is 65.1. The number of aliphatic hydroxyl groups is 2. The van der Waals surface area contributed by atoms with Crippen LogP contribution >= 0.6 is 0 Å². The van der Waals surface area contributed by atoms with Crippen LogP contribution in [-0.4, -0.2) is 47.4 Å². The summed E-state index contributed by atoms with van der Waals surface area (Å²) in [6.45, 7) is 4.90. The maximum absolute atomic E-state index is 12.5. The molecule has 2 unspecified atom stereocenters. The Labute approximate surface area is 406 Å². The normalized spacial score (nSPS) is 12.6. The lowest BCUT2D eigenvalue weighted by Crippen LogP contribution is -2.45. The number of aliphatic hydroxyl groups excluding tert-OH is 2. The Morgan fingerprint density at radius 2 is 0.708 bits per heavy atom. The molecule has 2 atom stereocenters. The van der Waals surface area contributed by atoms with Crippen LogP contribution in [0.4, 0.5) is 0 Å². The van der Waals surface area contributed by atoms with Crippen molar-refractivity contribution in [1.29, 1.82) is 0 Å². The van der Waals surface area contributed by atoms with Gasteiger partial charge in [-0.1, -0.05) is 296 Å². The quantitative estimate of drug-likeness (QED) is 0.0321. The van der Waals surface area contributed by atoms with Gasteiger partial charge in [-0.3, -0.25) is 9.59 Å². The first kappa shape index (κ1) is 63.6. The fourth-order valence-corrected chi connectivity index (χ4v) is 9.28. The van der Waals surface area contributed by atoms with E-state index in [0.717, 1.165) is 57.8 Å². The van der Waals surface area contributed by atoms with Gasteiger partial charge >= 0.3 is 5.97 Å². The lowest BCUT2D eigenvalue weighted by Gasteiger charge is -2.20. The van der Waals surface area contributed by atoms with Crippen molar-refractivity contribution in [2.45, 2.75) is 341 Å². The summed E-state index contributed by atoms with van der Waals surface area (Å²) in [5.74, 6) is -0.0861. The Balaban J connectivity index is 3.46. The van der Waals surface area contributed by atoms with Gasteiger partial charge < -0.3 is 20.3 Å². The molecule has 6 heteroatoms. The van der Waals surface area contributed by atoms with E-state index in [4.69, 9.17) is 4.74 Å². The van der Waals surface area contributed by atoms with Gasteiger partial charge in [0, 0.05) is 12.8 Å². The summed E-state index contributed by atoms with van der Waals surface area (Å²) in [6, 6.07) is -0.639. The molecule has 6 nitrogen and oxygen atoms in total. The van der Waals surface area contributed by atoms with Gasteiger partial charge in [-0.15, -0.1) is 0 Å². The molecule has 0 aliphatic rings. The van der Waals surface area contributed by atoms with Crippen molar-refractivity contribution in [2.24, 2.45) is 0 Å². The van der Waals surface area contributed by atoms with Gasteiger partial charge in [0.2, 0.25) is 5.91 Å². The number of rotatable bonds is 55. The second kappa shape index (κ2) is 55.2. The number of carbonyl (C=O) groups is 2. The van der Waals surface area contributed by atoms with Gasteiger partial charge in [-0.2, -0.15) is 0 Å². The Morgan fingerprint density at radius 1 is 0.415 bits per heavy atom. The molecule has 0 heterocycles. The fourth-order valence-electron chi connectivity index (χ4n) is 9.28. The summed E-state index contributed by atoms with van der Waals surface area (Å²) in [7, 11) is 0. The van der Waals surface area contributed by atoms with E-state index in [1.165, 1.54) is 244 Å². The van der Waals surface area contributed by atoms with E-state index >= 15 is 0 Å². The van der Waals surface area contributed by atoms with Crippen molar-refractivity contribution < 1.29 is 24.5 Å². The van der Waals surface area contributed by atoms with Gasteiger partial charge in [0.1, 0.15) is 0 Å². The molecule has 0 fully saturated rings. The smallest absolute Gasteiger partial charge is 0.305 e. The van der Waals surface area contributed by atoms with Crippen LogP contribution in [0, 0.1) is 0 Å². The standard InChI is InChI=1S/C59H115NO5/c1-3-5-7-9-11-13-15-17-19-21-22-24-25-27-31-35-39-43-47-51-57(62)56(55-61)60-58(63)52-48-44-40-36-32-29-30-34-38-42-46-50-54-65-59(64)53-49-45-41-37-33-28-26-23-20-18-16-14-12-10-8-6-4-2/h47,51,56-57,61-62H,3-46,48-50,52-55H2,1-2H3,(H,60,63)/b51-47+. The number of unbranched alkanes of at least 4 members (excludes halogenated alkanes) is 44. The van der Waals surface area contributed by atoms with Crippen LogP contribution in [0.25, 0.3) is 0 Å². The minimum absolute atomic E-state index is 0.00603. The average molecular weight is 919 g/mol. The third-order valence-electron chi connectivity index (χ3n) is 13.8. The van der Waals surface area contributed by atoms with Crippen molar-refractivity contribution in [3.63, 3.8) is 0 Å². The monoisotopic (exact) mass is 918 g/mol. The molecule has 0 radical (unpaired) electrons. The van der Waals surface area contributed by atoms with E-state index in [1.54, 1.807) is 6.08 Å². The summed E-state index contributed by atoms with van der Waals surface area (Å²) < 4.78 is 5.48. The van der Waals surface area contributed by atoms with Gasteiger partial charge in [0.05, 0.1) is 25.4 Å². The Kier molecular flexibility index (Phi) is 54.0. The van der Waals surface area contributed by atoms with E-state index in [1.807, 2.05) is 6.08 Å². The molecule has 0 aliphatic heterocycles. The molecule has 0 spiro atoms. The first-order chi connectivity index (χ1) is 32.0. The number of allylic oxidation sites excluding steroid dienone is 1. The van der Waals surface area contributed by atoms with Crippen molar-refractivity contribution in [1.82, 2.24) is 5.32 Å². The third kappa shape index (κ3) is 51.8. The predicted molar refractivity (Wildman–Crippen MR) is 283 cm³/mol. The number of esters is 1. The maximum Gasteiger partial charge on any atom is 0.305 e. The third-order valence-corrected chi connectivity index (χ3v) is 13.8. The largest absolute Gasteiger partial charge is 0.466 e. The van der Waals surface area contributed by atoms with Crippen molar-refractivity contribution >= 4 is 11.9 Å². The molecule has 0 saturated carbocycles. The highest BCUT2D eigenvalue weighted by Gasteiger charge is 2.18. The molecule has 0 aromatic heterocycles. The molecule has 0 rings (SSSR count). The minimum atomic E-state index is -0.854. The highest BCUT2D eigenvalue weighted by molar-refractivity contribution is 5.76. The molecule has 0 bridgehead atoms. The van der Waals surface area contributed by atoms with Crippen molar-refractivity contribution in [2.75, 3.05) is 13.2 Å². The van der Waals surface area contributed by atoms with Gasteiger partial charge in [-0.25, -0.2) is 0 Å². The molecule has 0 aromatic rings. The van der Waals surface area contributed by atoms with Crippen LogP contribution in [-0.2, 0) is 14.3 Å². The molecule has 386 valence electrons. The SMILES string of the molecule is CCCCCCCCCCCCCCCCCCC/C=C/C(O)C(CO)NC(=O)CCCCCCCCCCCCCCOC(=O)CCCCCCCCCCCCCCCCCCC. The lowest BCUT2D eigenvalue weighted by atomic mass is 10.0. The van der Waals surface area contributed by atoms with E-state index in [2.05, 4.69) is 19.2 Å². The summed E-state index contributed by atoms with van der Waals surface area (Å²) in [5.41, 5.74) is 0. The Bertz CT molecular complexity index is 970. The van der Waals surface area contributed by atoms with Crippen LogP contribution in [0.1, 0.15) is 328 Å². The van der Waals surface area contributed by atoms with Crippen molar-refractivity contribution in [3.05, 3.63) is 12.2 Å². The summed E-state index contributed by atoms with van der Waals surface area (Å²) in [4.78, 5) is 24.6. The van der Waals surface area contributed by atoms with Crippen LogP contribution < -0.4 is 5.32 Å². The van der Waals surface area contributed by atoms with Gasteiger partial charge in [0.15, 0.2) is 0 Å². The lowest BCUT2D eigenvalue weighted by molar-refractivity contribution is -0.143. The summed E-state index contributed by atoms with van der Waals surface area (Å²) in [5, 5.41) is 23.1. The van der Waals surface area contributed by atoms with Gasteiger partial charge in [-0.05, 0) is 32.1 Å². The number of hydrogen-bond donors (Lipinski definition) is 3. The van der Waals surface area contributed by atoms with Crippen LogP contribution in [0.3, 0.4) is 0 Å². The molecule has 0 aromatic carbocycles. The first-order valence-electron chi connectivity index (χ1n) is 29.5. The number of carbonyl (C=O) groups excluding carboxylic acids is 2.